The van der Waals surface area contributed by atoms with Gasteiger partial charge in [0.05, 0.1) is 18.2 Å². The van der Waals surface area contributed by atoms with E-state index in [1.165, 1.54) is 19.2 Å². The second-order valence-electron chi connectivity index (χ2n) is 3.00. The summed E-state index contributed by atoms with van der Waals surface area (Å²) in [5.41, 5.74) is -1.10. The van der Waals surface area contributed by atoms with Crippen molar-refractivity contribution in [3.63, 3.8) is 0 Å². The smallest absolute Gasteiger partial charge is 0.418 e. The second-order valence-corrected chi connectivity index (χ2v) is 3.00. The molecular weight excluding hydrogens is 259 g/mol. The fourth-order valence-electron chi connectivity index (χ4n) is 1.24. The van der Waals surface area contributed by atoms with Crippen molar-refractivity contribution in [3.8, 4) is 0 Å². The van der Waals surface area contributed by atoms with Crippen LogP contribution in [-0.2, 0) is 10.9 Å². The summed E-state index contributed by atoms with van der Waals surface area (Å²) in [4.78, 5) is 11.1. The molecule has 1 N–H and O–H groups in total. The highest BCUT2D eigenvalue weighted by molar-refractivity contribution is 5.90. The topological polar surface area (TPSA) is 38.3 Å². The second kappa shape index (κ2) is 5.77. The molecule has 0 amide bonds. The highest BCUT2D eigenvalue weighted by Gasteiger charge is 2.34. The molecule has 0 unspecified atom stereocenters. The van der Waals surface area contributed by atoms with Crippen molar-refractivity contribution in [1.29, 1.82) is 0 Å². The summed E-state index contributed by atoms with van der Waals surface area (Å²) in [6.07, 6.45) is -4.51. The van der Waals surface area contributed by atoms with Crippen molar-refractivity contribution in [2.45, 2.75) is 6.18 Å². The Morgan fingerprint density at radius 3 is 2.35 bits per heavy atom. The Hall–Kier alpha value is -1.43. The molecule has 0 aromatic heterocycles. The number of benzene rings is 1. The van der Waals surface area contributed by atoms with Gasteiger partial charge in [0, 0.05) is 12.7 Å². The minimum Gasteiger partial charge on any atom is -0.465 e. The fraction of sp³-hybridized carbons (Fsp3) is 0.300. The third-order valence-electron chi connectivity index (χ3n) is 2.02. The molecule has 0 aliphatic carbocycles. The number of carbonyl (C=O) groups excluding carboxylic acids is 1. The molecule has 0 aliphatic heterocycles. The Bertz CT molecular complexity index is 407. The molecule has 1 aromatic carbocycles. The van der Waals surface area contributed by atoms with E-state index in [0.29, 0.717) is 0 Å². The Balaban J connectivity index is 0.00000256. The maximum atomic E-state index is 12.6. The highest BCUT2D eigenvalue weighted by atomic mass is 35.5. The van der Waals surface area contributed by atoms with Crippen molar-refractivity contribution < 1.29 is 22.7 Å². The van der Waals surface area contributed by atoms with Crippen LogP contribution in [0.5, 0.6) is 0 Å². The van der Waals surface area contributed by atoms with E-state index < -0.39 is 17.7 Å². The van der Waals surface area contributed by atoms with Gasteiger partial charge in [-0.15, -0.1) is 12.4 Å². The Labute approximate surface area is 102 Å². The van der Waals surface area contributed by atoms with Gasteiger partial charge in [-0.05, 0) is 18.2 Å². The van der Waals surface area contributed by atoms with Crippen molar-refractivity contribution in [3.05, 3.63) is 29.3 Å². The van der Waals surface area contributed by atoms with Gasteiger partial charge in [0.2, 0.25) is 0 Å². The summed E-state index contributed by atoms with van der Waals surface area (Å²) in [6, 6.07) is 3.22. The molecule has 17 heavy (non-hydrogen) atoms. The molecule has 0 heterocycles. The van der Waals surface area contributed by atoms with Gasteiger partial charge in [-0.25, -0.2) is 4.79 Å². The third-order valence-corrected chi connectivity index (χ3v) is 2.02. The van der Waals surface area contributed by atoms with Crippen LogP contribution in [0.1, 0.15) is 15.9 Å². The zero-order valence-corrected chi connectivity index (χ0v) is 9.91. The first kappa shape index (κ1) is 15.6. The summed E-state index contributed by atoms with van der Waals surface area (Å²) in [5, 5.41) is 2.41. The van der Waals surface area contributed by atoms with Gasteiger partial charge in [-0.2, -0.15) is 13.2 Å². The first-order valence-corrected chi connectivity index (χ1v) is 4.37. The van der Waals surface area contributed by atoms with Gasteiger partial charge >= 0.3 is 12.1 Å². The predicted molar refractivity (Wildman–Crippen MR) is 59.6 cm³/mol. The number of halogens is 4. The molecule has 0 saturated heterocycles. The number of ether oxygens (including phenoxy) is 1. The Morgan fingerprint density at radius 2 is 1.94 bits per heavy atom. The molecular formula is C10H11ClF3NO2. The first-order chi connectivity index (χ1) is 7.40. The number of anilines is 1. The van der Waals surface area contributed by atoms with Crippen LogP contribution < -0.4 is 5.32 Å². The summed E-state index contributed by atoms with van der Waals surface area (Å²) < 4.78 is 42.1. The number of esters is 1. The lowest BCUT2D eigenvalue weighted by Crippen LogP contribution is -2.11. The van der Waals surface area contributed by atoms with Crippen LogP contribution in [-0.4, -0.2) is 20.1 Å². The van der Waals surface area contributed by atoms with Gasteiger partial charge in [0.1, 0.15) is 0 Å². The third kappa shape index (κ3) is 3.52. The van der Waals surface area contributed by atoms with Crippen LogP contribution in [0.4, 0.5) is 18.9 Å². The summed E-state index contributed by atoms with van der Waals surface area (Å²) in [6.45, 7) is 0. The zero-order valence-electron chi connectivity index (χ0n) is 9.09. The van der Waals surface area contributed by atoms with E-state index in [4.69, 9.17) is 0 Å². The van der Waals surface area contributed by atoms with Crippen LogP contribution in [0.25, 0.3) is 0 Å². The molecule has 96 valence electrons. The maximum absolute atomic E-state index is 12.6. The number of rotatable bonds is 2. The van der Waals surface area contributed by atoms with Gasteiger partial charge < -0.3 is 10.1 Å². The van der Waals surface area contributed by atoms with E-state index in [0.717, 1.165) is 13.2 Å². The summed E-state index contributed by atoms with van der Waals surface area (Å²) in [7, 11) is 2.49. The number of nitrogens with one attached hydrogen (secondary N) is 1. The number of methoxy groups -OCH3 is 1. The van der Waals surface area contributed by atoms with Crippen LogP contribution in [0, 0.1) is 0 Å². The normalized spacial score (nSPS) is 10.4. The van der Waals surface area contributed by atoms with E-state index in [-0.39, 0.29) is 23.7 Å². The van der Waals surface area contributed by atoms with E-state index in [1.807, 2.05) is 0 Å². The van der Waals surface area contributed by atoms with Gasteiger partial charge in [0.25, 0.3) is 0 Å². The first-order valence-electron chi connectivity index (χ1n) is 4.37. The van der Waals surface area contributed by atoms with Gasteiger partial charge in [-0.1, -0.05) is 0 Å². The lowest BCUT2D eigenvalue weighted by molar-refractivity contribution is -0.137. The minimum absolute atomic E-state index is 0. The number of carbonyl (C=O) groups is 1. The van der Waals surface area contributed by atoms with Crippen LogP contribution in [0.15, 0.2) is 18.2 Å². The van der Waals surface area contributed by atoms with E-state index in [1.54, 1.807) is 0 Å². The average molecular weight is 270 g/mol. The quantitative estimate of drug-likeness (QED) is 0.839. The van der Waals surface area contributed by atoms with Crippen LogP contribution >= 0.6 is 12.4 Å². The average Bonchev–Trinajstić information content (AvgIpc) is 2.26. The monoisotopic (exact) mass is 269 g/mol. The van der Waals surface area contributed by atoms with Crippen molar-refractivity contribution in [2.24, 2.45) is 0 Å². The van der Waals surface area contributed by atoms with Gasteiger partial charge in [0.15, 0.2) is 0 Å². The number of hydrogen-bond donors (Lipinski definition) is 1. The molecule has 1 aromatic rings. The lowest BCUT2D eigenvalue weighted by atomic mass is 10.1. The van der Waals surface area contributed by atoms with Crippen molar-refractivity contribution in [1.82, 2.24) is 0 Å². The Morgan fingerprint density at radius 1 is 1.35 bits per heavy atom. The van der Waals surface area contributed by atoms with Gasteiger partial charge in [-0.3, -0.25) is 0 Å². The minimum atomic E-state index is -4.51. The van der Waals surface area contributed by atoms with E-state index >= 15 is 0 Å². The largest absolute Gasteiger partial charge is 0.465 e. The zero-order chi connectivity index (χ0) is 12.3. The predicted octanol–water partition coefficient (Wildman–Crippen LogP) is 2.96. The highest BCUT2D eigenvalue weighted by Crippen LogP contribution is 2.35. The molecule has 0 spiro atoms. The molecule has 0 fully saturated rings. The number of hydrogen-bond acceptors (Lipinski definition) is 3. The summed E-state index contributed by atoms with van der Waals surface area (Å²) >= 11 is 0. The van der Waals surface area contributed by atoms with Crippen molar-refractivity contribution in [2.75, 3.05) is 19.5 Å². The molecule has 3 nitrogen and oxygen atoms in total. The van der Waals surface area contributed by atoms with Crippen LogP contribution in [0.3, 0.4) is 0 Å². The van der Waals surface area contributed by atoms with Crippen LogP contribution in [0.2, 0.25) is 0 Å². The molecule has 0 bridgehead atoms. The lowest BCUT2D eigenvalue weighted by Gasteiger charge is -2.13. The SMILES string of the molecule is CNc1ccc(C(=O)OC)cc1C(F)(F)F.Cl. The van der Waals surface area contributed by atoms with Crippen molar-refractivity contribution >= 4 is 24.1 Å². The molecule has 1 rings (SSSR count). The fourth-order valence-corrected chi connectivity index (χ4v) is 1.24. The summed E-state index contributed by atoms with van der Waals surface area (Å²) in [5.74, 6) is -0.798. The standard InChI is InChI=1S/C10H10F3NO2.ClH/c1-14-8-4-3-6(9(15)16-2)5-7(8)10(11,12)13;/h3-5,14H,1-2H3;1H. The molecule has 7 heteroatoms. The van der Waals surface area contributed by atoms with E-state index in [9.17, 15) is 18.0 Å². The molecule has 0 aliphatic rings. The van der Waals surface area contributed by atoms with E-state index in [2.05, 4.69) is 10.1 Å². The maximum Gasteiger partial charge on any atom is 0.418 e. The molecule has 0 saturated carbocycles. The molecule has 0 radical (unpaired) electrons. The molecule has 0 atom stereocenters. The Kier molecular flexibility index (Phi) is 5.28. The number of alkyl halides is 3.